The van der Waals surface area contributed by atoms with Crippen molar-refractivity contribution in [2.45, 2.75) is 39.5 Å². The molecule has 0 aliphatic carbocycles. The molecule has 0 saturated carbocycles. The maximum absolute atomic E-state index is 13.6. The molecule has 0 bridgehead atoms. The molecule has 2 rings (SSSR count). The Morgan fingerprint density at radius 3 is 2.56 bits per heavy atom. The fourth-order valence-corrected chi connectivity index (χ4v) is 2.68. The summed E-state index contributed by atoms with van der Waals surface area (Å²) in [7, 11) is 0. The summed E-state index contributed by atoms with van der Waals surface area (Å²) >= 11 is 6.18. The zero-order valence-corrected chi connectivity index (χ0v) is 16.2. The highest BCUT2D eigenvalue weighted by molar-refractivity contribution is 6.32. The molecule has 1 aromatic heterocycles. The van der Waals surface area contributed by atoms with Gasteiger partial charge < -0.3 is 13.9 Å². The second-order valence-electron chi connectivity index (χ2n) is 6.29. The molecule has 27 heavy (non-hydrogen) atoms. The lowest BCUT2D eigenvalue weighted by atomic mass is 10.1. The Labute approximate surface area is 161 Å². The van der Waals surface area contributed by atoms with E-state index in [1.165, 1.54) is 19.1 Å². The number of esters is 1. The summed E-state index contributed by atoms with van der Waals surface area (Å²) in [5.74, 6) is -0.902. The van der Waals surface area contributed by atoms with Crippen LogP contribution in [-0.4, -0.2) is 19.2 Å². The largest absolute Gasteiger partial charge is 0.492 e. The summed E-state index contributed by atoms with van der Waals surface area (Å²) in [5.41, 5.74) is -0.190. The van der Waals surface area contributed by atoms with Crippen LogP contribution >= 0.6 is 11.6 Å². The lowest BCUT2D eigenvalue weighted by molar-refractivity contribution is -0.139. The highest BCUT2D eigenvalue weighted by Gasteiger charge is 2.14. The Bertz CT molecular complexity index is 903. The summed E-state index contributed by atoms with van der Waals surface area (Å²) in [6, 6.07) is 3.03. The molecule has 0 saturated heterocycles. The van der Waals surface area contributed by atoms with Gasteiger partial charge in [0.15, 0.2) is 0 Å². The highest BCUT2D eigenvalue weighted by atomic mass is 35.5. The third-order valence-electron chi connectivity index (χ3n) is 4.03. The molecular weight excluding hydrogens is 375 g/mol. The smallest absolute Gasteiger partial charge is 0.372 e. The fraction of sp³-hybridized carbons (Fsp3) is 0.400. The minimum atomic E-state index is -1.01. The number of unbranched alkanes of at least 4 members (excludes halogenated alkanes) is 3. The number of benzene rings is 1. The van der Waals surface area contributed by atoms with Crippen molar-refractivity contribution in [2.24, 2.45) is 0 Å². The van der Waals surface area contributed by atoms with Crippen LogP contribution in [0.15, 0.2) is 33.5 Å². The first kappa shape index (κ1) is 21.0. The number of halogens is 2. The zero-order valence-electron chi connectivity index (χ0n) is 15.4. The molecule has 0 aliphatic rings. The normalized spacial score (nSPS) is 10.8. The standard InChI is InChI=1S/C20H22ClFO5/c1-12(2)19(23)26-9-7-5-4-6-8-25-17-11-16-14(10-15(17)21)13(3)18(22)20(24)27-16/h10-11H,1,4-9H2,2-3H3. The molecule has 5 nitrogen and oxygen atoms in total. The van der Waals surface area contributed by atoms with Gasteiger partial charge in [0, 0.05) is 22.6 Å². The molecule has 0 amide bonds. The van der Waals surface area contributed by atoms with E-state index in [1.54, 1.807) is 6.92 Å². The molecular formula is C20H22ClFO5. The predicted octanol–water partition coefficient (Wildman–Crippen LogP) is 4.95. The van der Waals surface area contributed by atoms with Crippen molar-refractivity contribution in [1.29, 1.82) is 0 Å². The molecule has 0 aliphatic heterocycles. The van der Waals surface area contributed by atoms with Crippen molar-refractivity contribution in [2.75, 3.05) is 13.2 Å². The topological polar surface area (TPSA) is 65.7 Å². The SMILES string of the molecule is C=C(C)C(=O)OCCCCCCOc1cc2oc(=O)c(F)c(C)c2cc1Cl. The van der Waals surface area contributed by atoms with E-state index >= 15 is 0 Å². The maximum Gasteiger partial charge on any atom is 0.372 e. The van der Waals surface area contributed by atoms with Crippen LogP contribution in [0.3, 0.4) is 0 Å². The van der Waals surface area contributed by atoms with Crippen LogP contribution in [0, 0.1) is 12.7 Å². The monoisotopic (exact) mass is 396 g/mol. The van der Waals surface area contributed by atoms with E-state index in [-0.39, 0.29) is 17.1 Å². The number of carbonyl (C=O) groups excluding carboxylic acids is 1. The minimum Gasteiger partial charge on any atom is -0.492 e. The quantitative estimate of drug-likeness (QED) is 0.259. The van der Waals surface area contributed by atoms with Gasteiger partial charge >= 0.3 is 11.6 Å². The van der Waals surface area contributed by atoms with Gasteiger partial charge in [-0.25, -0.2) is 9.59 Å². The molecule has 0 atom stereocenters. The number of hydrogen-bond donors (Lipinski definition) is 0. The number of ether oxygens (including phenoxy) is 2. The van der Waals surface area contributed by atoms with Crippen molar-refractivity contribution in [3.63, 3.8) is 0 Å². The van der Waals surface area contributed by atoms with Gasteiger partial charge in [-0.05, 0) is 45.6 Å². The summed E-state index contributed by atoms with van der Waals surface area (Å²) in [5, 5.41) is 0.763. The van der Waals surface area contributed by atoms with E-state index in [9.17, 15) is 14.0 Å². The van der Waals surface area contributed by atoms with Crippen LogP contribution < -0.4 is 10.4 Å². The first-order valence-electron chi connectivity index (χ1n) is 8.69. The zero-order chi connectivity index (χ0) is 20.0. The lowest BCUT2D eigenvalue weighted by Crippen LogP contribution is -2.07. The van der Waals surface area contributed by atoms with Crippen molar-refractivity contribution in [3.05, 3.63) is 51.1 Å². The van der Waals surface area contributed by atoms with Gasteiger partial charge in [-0.15, -0.1) is 0 Å². The van der Waals surface area contributed by atoms with Gasteiger partial charge in [0.2, 0.25) is 5.82 Å². The fourth-order valence-electron chi connectivity index (χ4n) is 2.47. The van der Waals surface area contributed by atoms with Crippen molar-refractivity contribution in [1.82, 2.24) is 0 Å². The molecule has 0 fully saturated rings. The van der Waals surface area contributed by atoms with Crippen molar-refractivity contribution < 1.29 is 23.1 Å². The lowest BCUT2D eigenvalue weighted by Gasteiger charge is -2.10. The van der Waals surface area contributed by atoms with Crippen LogP contribution in [0.25, 0.3) is 11.0 Å². The second kappa shape index (κ2) is 9.55. The molecule has 2 aromatic rings. The molecule has 146 valence electrons. The van der Waals surface area contributed by atoms with Gasteiger partial charge in [0.25, 0.3) is 0 Å². The van der Waals surface area contributed by atoms with E-state index in [4.69, 9.17) is 25.5 Å². The molecule has 0 N–H and O–H groups in total. The Hall–Kier alpha value is -2.34. The average molecular weight is 397 g/mol. The van der Waals surface area contributed by atoms with E-state index in [1.807, 2.05) is 0 Å². The van der Waals surface area contributed by atoms with Gasteiger partial charge in [0.1, 0.15) is 11.3 Å². The van der Waals surface area contributed by atoms with Crippen molar-refractivity contribution >= 4 is 28.5 Å². The number of carbonyl (C=O) groups is 1. The maximum atomic E-state index is 13.6. The number of rotatable bonds is 9. The van der Waals surface area contributed by atoms with Crippen LogP contribution in [0.1, 0.15) is 38.2 Å². The first-order chi connectivity index (χ1) is 12.8. The van der Waals surface area contributed by atoms with Gasteiger partial charge in [-0.2, -0.15) is 4.39 Å². The average Bonchev–Trinajstić information content (AvgIpc) is 2.63. The van der Waals surface area contributed by atoms with Crippen LogP contribution in [0.4, 0.5) is 4.39 Å². The Morgan fingerprint density at radius 1 is 1.22 bits per heavy atom. The Kier molecular flexibility index (Phi) is 7.42. The molecule has 0 unspecified atom stereocenters. The molecule has 7 heteroatoms. The van der Waals surface area contributed by atoms with Crippen LogP contribution in [0.5, 0.6) is 5.75 Å². The molecule has 1 aromatic carbocycles. The van der Waals surface area contributed by atoms with Gasteiger partial charge in [-0.3, -0.25) is 0 Å². The second-order valence-corrected chi connectivity index (χ2v) is 6.69. The number of hydrogen-bond acceptors (Lipinski definition) is 5. The Morgan fingerprint density at radius 2 is 1.89 bits per heavy atom. The molecule has 0 radical (unpaired) electrons. The summed E-state index contributed by atoms with van der Waals surface area (Å²) in [6.45, 7) is 7.43. The summed E-state index contributed by atoms with van der Waals surface area (Å²) in [6.07, 6.45) is 3.35. The van der Waals surface area contributed by atoms with E-state index in [0.717, 1.165) is 25.7 Å². The summed E-state index contributed by atoms with van der Waals surface area (Å²) < 4.78 is 29.3. The highest BCUT2D eigenvalue weighted by Crippen LogP contribution is 2.31. The first-order valence-corrected chi connectivity index (χ1v) is 9.07. The molecule has 1 heterocycles. The van der Waals surface area contributed by atoms with Gasteiger partial charge in [-0.1, -0.05) is 18.2 Å². The minimum absolute atomic E-state index is 0.196. The van der Waals surface area contributed by atoms with Crippen LogP contribution in [-0.2, 0) is 9.53 Å². The summed E-state index contributed by atoms with van der Waals surface area (Å²) in [4.78, 5) is 22.7. The van der Waals surface area contributed by atoms with E-state index in [2.05, 4.69) is 6.58 Å². The molecule has 0 spiro atoms. The number of aryl methyl sites for hydroxylation is 1. The van der Waals surface area contributed by atoms with E-state index < -0.39 is 11.4 Å². The van der Waals surface area contributed by atoms with Crippen LogP contribution in [0.2, 0.25) is 5.02 Å². The van der Waals surface area contributed by atoms with Gasteiger partial charge in [0.05, 0.1) is 18.2 Å². The van der Waals surface area contributed by atoms with Crippen molar-refractivity contribution in [3.8, 4) is 5.75 Å². The predicted molar refractivity (Wildman–Crippen MR) is 102 cm³/mol. The third-order valence-corrected chi connectivity index (χ3v) is 4.32. The third kappa shape index (κ3) is 5.57. The van der Waals surface area contributed by atoms with E-state index in [0.29, 0.717) is 34.9 Å². The Balaban J connectivity index is 1.81. The number of fused-ring (bicyclic) bond motifs is 1.